The summed E-state index contributed by atoms with van der Waals surface area (Å²) in [6.45, 7) is 4.17. The molecule has 1 atom stereocenters. The largest absolute Gasteiger partial charge is 0.448 e. The molecule has 1 fully saturated rings. The van der Waals surface area contributed by atoms with Crippen LogP contribution in [0.25, 0.3) is 0 Å². The minimum absolute atomic E-state index is 0.0240. The van der Waals surface area contributed by atoms with Gasteiger partial charge in [0.2, 0.25) is 5.91 Å². The SMILES string of the molecule is CC[C@H](CNC(=O)CCN1CCOC1=O)c1ccccc1. The quantitative estimate of drug-likeness (QED) is 0.837. The van der Waals surface area contributed by atoms with Crippen LogP contribution in [-0.4, -0.2) is 43.1 Å². The average Bonchev–Trinajstić information content (AvgIpc) is 2.92. The lowest BCUT2D eigenvalue weighted by atomic mass is 9.96. The summed E-state index contributed by atoms with van der Waals surface area (Å²) >= 11 is 0. The highest BCUT2D eigenvalue weighted by atomic mass is 16.6. The first-order valence-electron chi connectivity index (χ1n) is 7.44. The van der Waals surface area contributed by atoms with Crippen molar-refractivity contribution in [3.05, 3.63) is 35.9 Å². The molecule has 1 aromatic rings. The molecule has 1 N–H and O–H groups in total. The smallest absolute Gasteiger partial charge is 0.409 e. The van der Waals surface area contributed by atoms with E-state index < -0.39 is 0 Å². The lowest BCUT2D eigenvalue weighted by molar-refractivity contribution is -0.121. The maximum absolute atomic E-state index is 11.9. The van der Waals surface area contributed by atoms with Gasteiger partial charge in [-0.2, -0.15) is 0 Å². The second-order valence-electron chi connectivity index (χ2n) is 5.17. The minimum atomic E-state index is -0.321. The Bertz CT molecular complexity index is 476. The van der Waals surface area contributed by atoms with E-state index in [1.807, 2.05) is 18.2 Å². The van der Waals surface area contributed by atoms with Crippen LogP contribution in [0, 0.1) is 0 Å². The number of ether oxygens (including phenoxy) is 1. The standard InChI is InChI=1S/C16H22N2O3/c1-2-13(14-6-4-3-5-7-14)12-17-15(19)8-9-18-10-11-21-16(18)20/h3-7,13H,2,8-12H2,1H3,(H,17,19)/t13-/m1/s1. The topological polar surface area (TPSA) is 58.6 Å². The highest BCUT2D eigenvalue weighted by molar-refractivity contribution is 5.77. The fourth-order valence-electron chi connectivity index (χ4n) is 2.41. The molecule has 0 saturated carbocycles. The Balaban J connectivity index is 1.73. The number of cyclic esters (lactones) is 1. The summed E-state index contributed by atoms with van der Waals surface area (Å²) in [5.74, 6) is 0.302. The van der Waals surface area contributed by atoms with Crippen LogP contribution < -0.4 is 5.32 Å². The summed E-state index contributed by atoms with van der Waals surface area (Å²) in [4.78, 5) is 24.7. The van der Waals surface area contributed by atoms with Crippen molar-refractivity contribution in [3.8, 4) is 0 Å². The second kappa shape index (κ2) is 7.67. The molecule has 5 nitrogen and oxygen atoms in total. The summed E-state index contributed by atoms with van der Waals surface area (Å²) in [5.41, 5.74) is 1.24. The number of benzene rings is 1. The van der Waals surface area contributed by atoms with E-state index in [-0.39, 0.29) is 12.0 Å². The molecule has 0 spiro atoms. The molecule has 1 aliphatic rings. The lowest BCUT2D eigenvalue weighted by Gasteiger charge is -2.17. The lowest BCUT2D eigenvalue weighted by Crippen LogP contribution is -2.33. The third kappa shape index (κ3) is 4.48. The van der Waals surface area contributed by atoms with Crippen molar-refractivity contribution < 1.29 is 14.3 Å². The second-order valence-corrected chi connectivity index (χ2v) is 5.17. The molecule has 0 aromatic heterocycles. The Hall–Kier alpha value is -2.04. The molecule has 21 heavy (non-hydrogen) atoms. The first kappa shape index (κ1) is 15.4. The molecule has 0 aliphatic carbocycles. The Morgan fingerprint density at radius 3 is 2.76 bits per heavy atom. The molecule has 2 amide bonds. The Kier molecular flexibility index (Phi) is 5.60. The van der Waals surface area contributed by atoms with E-state index in [9.17, 15) is 9.59 Å². The molecule has 1 saturated heterocycles. The highest BCUT2D eigenvalue weighted by Gasteiger charge is 2.22. The highest BCUT2D eigenvalue weighted by Crippen LogP contribution is 2.17. The first-order valence-corrected chi connectivity index (χ1v) is 7.44. The number of rotatable bonds is 7. The van der Waals surface area contributed by atoms with E-state index in [4.69, 9.17) is 4.74 Å². The number of carbonyl (C=O) groups excluding carboxylic acids is 2. The molecule has 5 heteroatoms. The summed E-state index contributed by atoms with van der Waals surface area (Å²) in [6.07, 6.45) is 0.974. The van der Waals surface area contributed by atoms with Gasteiger partial charge in [0, 0.05) is 25.4 Å². The normalized spacial score (nSPS) is 15.7. The van der Waals surface area contributed by atoms with E-state index in [0.29, 0.717) is 38.6 Å². The average molecular weight is 290 g/mol. The number of hydrogen-bond donors (Lipinski definition) is 1. The van der Waals surface area contributed by atoms with Crippen LogP contribution in [0.15, 0.2) is 30.3 Å². The third-order valence-corrected chi connectivity index (χ3v) is 3.76. The van der Waals surface area contributed by atoms with E-state index in [2.05, 4.69) is 24.4 Å². The predicted molar refractivity (Wildman–Crippen MR) is 80.0 cm³/mol. The van der Waals surface area contributed by atoms with Gasteiger partial charge in [-0.25, -0.2) is 4.79 Å². The number of carbonyl (C=O) groups is 2. The minimum Gasteiger partial charge on any atom is -0.448 e. The number of nitrogens with one attached hydrogen (secondary N) is 1. The maximum atomic E-state index is 11.9. The molecular weight excluding hydrogens is 268 g/mol. The molecule has 1 aromatic carbocycles. The van der Waals surface area contributed by atoms with E-state index in [1.165, 1.54) is 5.56 Å². The van der Waals surface area contributed by atoms with Gasteiger partial charge in [0.15, 0.2) is 0 Å². The fraction of sp³-hybridized carbons (Fsp3) is 0.500. The van der Waals surface area contributed by atoms with Crippen LogP contribution in [0.1, 0.15) is 31.2 Å². The van der Waals surface area contributed by atoms with Gasteiger partial charge in [-0.1, -0.05) is 37.3 Å². The van der Waals surface area contributed by atoms with Gasteiger partial charge in [-0.15, -0.1) is 0 Å². The van der Waals surface area contributed by atoms with Crippen molar-refractivity contribution in [1.29, 1.82) is 0 Å². The van der Waals surface area contributed by atoms with E-state index >= 15 is 0 Å². The fourth-order valence-corrected chi connectivity index (χ4v) is 2.41. The van der Waals surface area contributed by atoms with Gasteiger partial charge in [0.05, 0.1) is 6.54 Å². The van der Waals surface area contributed by atoms with Gasteiger partial charge >= 0.3 is 6.09 Å². The van der Waals surface area contributed by atoms with Crippen molar-refractivity contribution in [2.75, 3.05) is 26.2 Å². The van der Waals surface area contributed by atoms with Crippen molar-refractivity contribution in [2.45, 2.75) is 25.7 Å². The van der Waals surface area contributed by atoms with Crippen molar-refractivity contribution in [3.63, 3.8) is 0 Å². The van der Waals surface area contributed by atoms with Crippen LogP contribution in [0.2, 0.25) is 0 Å². The maximum Gasteiger partial charge on any atom is 0.409 e. The van der Waals surface area contributed by atoms with Crippen LogP contribution in [0.3, 0.4) is 0 Å². The van der Waals surface area contributed by atoms with Crippen molar-refractivity contribution in [2.24, 2.45) is 0 Å². The molecular formula is C16H22N2O3. The number of amides is 2. The Morgan fingerprint density at radius 1 is 1.38 bits per heavy atom. The van der Waals surface area contributed by atoms with Gasteiger partial charge in [0.1, 0.15) is 6.61 Å². The number of nitrogens with zero attached hydrogens (tertiary/aromatic N) is 1. The predicted octanol–water partition coefficient (Wildman–Crippen LogP) is 2.14. The molecule has 0 bridgehead atoms. The molecule has 2 rings (SSSR count). The molecule has 0 radical (unpaired) electrons. The Morgan fingerprint density at radius 2 is 2.14 bits per heavy atom. The monoisotopic (exact) mass is 290 g/mol. The summed E-state index contributed by atoms with van der Waals surface area (Å²) in [5, 5.41) is 2.95. The first-order chi connectivity index (χ1) is 10.2. The van der Waals surface area contributed by atoms with Crippen molar-refractivity contribution >= 4 is 12.0 Å². The molecule has 1 aliphatic heterocycles. The summed E-state index contributed by atoms with van der Waals surface area (Å²) < 4.78 is 4.83. The van der Waals surface area contributed by atoms with Gasteiger partial charge in [-0.05, 0) is 12.0 Å². The van der Waals surface area contributed by atoms with E-state index in [1.54, 1.807) is 4.90 Å². The zero-order valence-corrected chi connectivity index (χ0v) is 12.4. The summed E-state index contributed by atoms with van der Waals surface area (Å²) in [6, 6.07) is 10.2. The van der Waals surface area contributed by atoms with Crippen LogP contribution in [0.5, 0.6) is 0 Å². The van der Waals surface area contributed by atoms with Crippen molar-refractivity contribution in [1.82, 2.24) is 10.2 Å². The zero-order chi connectivity index (χ0) is 15.1. The van der Waals surface area contributed by atoms with Crippen LogP contribution >= 0.6 is 0 Å². The van der Waals surface area contributed by atoms with Gasteiger partial charge in [-0.3, -0.25) is 4.79 Å². The molecule has 0 unspecified atom stereocenters. The number of hydrogen-bond acceptors (Lipinski definition) is 3. The zero-order valence-electron chi connectivity index (χ0n) is 12.4. The molecule has 114 valence electrons. The van der Waals surface area contributed by atoms with Gasteiger partial charge < -0.3 is 15.0 Å². The third-order valence-electron chi connectivity index (χ3n) is 3.76. The van der Waals surface area contributed by atoms with Crippen LogP contribution in [0.4, 0.5) is 4.79 Å². The molecule has 1 heterocycles. The van der Waals surface area contributed by atoms with Gasteiger partial charge in [0.25, 0.3) is 0 Å². The Labute approximate surface area is 125 Å². The van der Waals surface area contributed by atoms with E-state index in [0.717, 1.165) is 6.42 Å². The summed E-state index contributed by atoms with van der Waals surface area (Å²) in [7, 11) is 0. The van der Waals surface area contributed by atoms with Crippen LogP contribution in [-0.2, 0) is 9.53 Å².